The van der Waals surface area contributed by atoms with E-state index in [1.807, 2.05) is 52.0 Å². The van der Waals surface area contributed by atoms with Gasteiger partial charge in [-0.2, -0.15) is 0 Å². The Bertz CT molecular complexity index is 978. The predicted molar refractivity (Wildman–Crippen MR) is 124 cm³/mol. The van der Waals surface area contributed by atoms with E-state index in [9.17, 15) is 9.59 Å². The monoisotopic (exact) mass is 438 g/mol. The van der Waals surface area contributed by atoms with Crippen molar-refractivity contribution in [2.24, 2.45) is 0 Å². The van der Waals surface area contributed by atoms with E-state index in [-0.39, 0.29) is 42.9 Å². The van der Waals surface area contributed by atoms with E-state index in [1.54, 1.807) is 31.4 Å². The van der Waals surface area contributed by atoms with Crippen molar-refractivity contribution in [3.05, 3.63) is 59.8 Å². The molecule has 1 heterocycles. The molecule has 32 heavy (non-hydrogen) atoms. The summed E-state index contributed by atoms with van der Waals surface area (Å²) < 4.78 is 16.4. The minimum atomic E-state index is -0.379. The van der Waals surface area contributed by atoms with Crippen molar-refractivity contribution in [3.63, 3.8) is 0 Å². The first kappa shape index (κ1) is 23.3. The first-order valence-corrected chi connectivity index (χ1v) is 10.7. The molecule has 0 aliphatic carbocycles. The Kier molecular flexibility index (Phi) is 7.53. The minimum Gasteiger partial charge on any atom is -0.497 e. The molecule has 0 radical (unpaired) electrons. The second kappa shape index (κ2) is 10.3. The molecule has 2 amide bonds. The molecule has 0 aromatic heterocycles. The quantitative estimate of drug-likeness (QED) is 0.563. The molecule has 0 bridgehead atoms. The molecule has 0 spiro atoms. The highest BCUT2D eigenvalue weighted by Crippen LogP contribution is 2.31. The van der Waals surface area contributed by atoms with Gasteiger partial charge in [0.2, 0.25) is 0 Å². The molecule has 2 aromatic rings. The number of carbonyl (C=O) groups is 2. The number of rotatable bonds is 10. The third-order valence-corrected chi connectivity index (χ3v) is 4.81. The van der Waals surface area contributed by atoms with Crippen LogP contribution < -0.4 is 14.8 Å². The molecule has 2 aromatic carbocycles. The van der Waals surface area contributed by atoms with Crippen LogP contribution in [0, 0.1) is 0 Å². The van der Waals surface area contributed by atoms with Gasteiger partial charge in [-0.1, -0.05) is 12.1 Å². The van der Waals surface area contributed by atoms with Crippen molar-refractivity contribution in [2.75, 3.05) is 25.6 Å². The number of nitrogens with zero attached hydrogens (tertiary/aromatic N) is 1. The van der Waals surface area contributed by atoms with Gasteiger partial charge in [0.25, 0.3) is 11.8 Å². The molecule has 0 atom stereocenters. The second-order valence-corrected chi connectivity index (χ2v) is 7.98. The molecule has 170 valence electrons. The highest BCUT2D eigenvalue weighted by Gasteiger charge is 2.39. The SMILES string of the molecule is COc1ccc(C2=C(Nc3ccc(OC(C)C)cc3)C(=O)N(CCOC(C)C)C2=O)cc1. The van der Waals surface area contributed by atoms with E-state index < -0.39 is 0 Å². The van der Waals surface area contributed by atoms with E-state index in [0.29, 0.717) is 22.6 Å². The van der Waals surface area contributed by atoms with Gasteiger partial charge in [0, 0.05) is 5.69 Å². The van der Waals surface area contributed by atoms with Crippen LogP contribution in [0.1, 0.15) is 33.3 Å². The first-order valence-electron chi connectivity index (χ1n) is 10.7. The van der Waals surface area contributed by atoms with E-state index >= 15 is 0 Å². The normalized spacial score (nSPS) is 14.0. The topological polar surface area (TPSA) is 77.1 Å². The van der Waals surface area contributed by atoms with Gasteiger partial charge in [0.05, 0.1) is 38.0 Å². The van der Waals surface area contributed by atoms with Crippen molar-refractivity contribution in [1.29, 1.82) is 0 Å². The summed E-state index contributed by atoms with van der Waals surface area (Å²) in [6, 6.07) is 14.4. The Balaban J connectivity index is 1.91. The van der Waals surface area contributed by atoms with Gasteiger partial charge in [0.15, 0.2) is 0 Å². The molecular weight excluding hydrogens is 408 g/mol. The number of benzene rings is 2. The molecule has 3 rings (SSSR count). The van der Waals surface area contributed by atoms with Crippen molar-refractivity contribution in [1.82, 2.24) is 4.90 Å². The Labute approximate surface area is 189 Å². The molecule has 7 nitrogen and oxygen atoms in total. The minimum absolute atomic E-state index is 0.0148. The van der Waals surface area contributed by atoms with Crippen LogP contribution in [0.5, 0.6) is 11.5 Å². The highest BCUT2D eigenvalue weighted by molar-refractivity contribution is 6.36. The van der Waals surface area contributed by atoms with Gasteiger partial charge in [-0.25, -0.2) is 0 Å². The predicted octanol–water partition coefficient (Wildman–Crippen LogP) is 4.10. The van der Waals surface area contributed by atoms with E-state index in [1.165, 1.54) is 4.90 Å². The Morgan fingerprint density at radius 2 is 1.47 bits per heavy atom. The van der Waals surface area contributed by atoms with Crippen LogP contribution >= 0.6 is 0 Å². The van der Waals surface area contributed by atoms with E-state index in [4.69, 9.17) is 14.2 Å². The third kappa shape index (κ3) is 5.48. The fraction of sp³-hybridized carbons (Fsp3) is 0.360. The maximum atomic E-state index is 13.2. The maximum absolute atomic E-state index is 13.2. The summed E-state index contributed by atoms with van der Waals surface area (Å²) >= 11 is 0. The number of methoxy groups -OCH3 is 1. The smallest absolute Gasteiger partial charge is 0.278 e. The van der Waals surface area contributed by atoms with Gasteiger partial charge in [0.1, 0.15) is 17.2 Å². The van der Waals surface area contributed by atoms with Gasteiger partial charge in [-0.3, -0.25) is 14.5 Å². The summed E-state index contributed by atoms with van der Waals surface area (Å²) in [6.45, 7) is 8.20. The van der Waals surface area contributed by atoms with Crippen LogP contribution in [0.25, 0.3) is 5.57 Å². The second-order valence-electron chi connectivity index (χ2n) is 7.98. The molecule has 1 aliphatic rings. The molecule has 7 heteroatoms. The molecule has 0 saturated carbocycles. The zero-order valence-electron chi connectivity index (χ0n) is 19.2. The average Bonchev–Trinajstić information content (AvgIpc) is 2.99. The Hall–Kier alpha value is -3.32. The van der Waals surface area contributed by atoms with Crippen LogP contribution in [0.15, 0.2) is 54.2 Å². The standard InChI is InChI=1S/C25H30N2O5/c1-16(2)31-15-14-27-24(28)22(18-6-10-20(30-5)11-7-18)23(25(27)29)26-19-8-12-21(13-9-19)32-17(3)4/h6-13,16-17,26H,14-15H2,1-5H3. The largest absolute Gasteiger partial charge is 0.497 e. The van der Waals surface area contributed by atoms with Crippen LogP contribution in [-0.2, 0) is 14.3 Å². The number of anilines is 1. The molecule has 0 fully saturated rings. The van der Waals surface area contributed by atoms with Gasteiger partial charge in [-0.05, 0) is 69.7 Å². The zero-order chi connectivity index (χ0) is 23.3. The Morgan fingerprint density at radius 1 is 0.844 bits per heavy atom. The van der Waals surface area contributed by atoms with Gasteiger partial charge in [-0.15, -0.1) is 0 Å². The summed E-state index contributed by atoms with van der Waals surface area (Å²) in [6.07, 6.45) is 0.0785. The third-order valence-electron chi connectivity index (χ3n) is 4.81. The lowest BCUT2D eigenvalue weighted by molar-refractivity contribution is -0.137. The Morgan fingerprint density at radius 3 is 2.03 bits per heavy atom. The van der Waals surface area contributed by atoms with Gasteiger partial charge >= 0.3 is 0 Å². The average molecular weight is 439 g/mol. The number of imide groups is 1. The van der Waals surface area contributed by atoms with E-state index in [0.717, 1.165) is 5.75 Å². The zero-order valence-corrected chi connectivity index (χ0v) is 19.2. The summed E-state index contributed by atoms with van der Waals surface area (Å²) in [5.41, 5.74) is 1.88. The lowest BCUT2D eigenvalue weighted by Gasteiger charge is -2.16. The molecule has 1 aliphatic heterocycles. The van der Waals surface area contributed by atoms with Crippen LogP contribution in [0.4, 0.5) is 5.69 Å². The lowest BCUT2D eigenvalue weighted by Crippen LogP contribution is -2.35. The lowest BCUT2D eigenvalue weighted by atomic mass is 10.0. The summed E-state index contributed by atoms with van der Waals surface area (Å²) in [4.78, 5) is 27.6. The molecule has 0 unspecified atom stereocenters. The van der Waals surface area contributed by atoms with Crippen molar-refractivity contribution in [2.45, 2.75) is 39.9 Å². The number of nitrogens with one attached hydrogen (secondary N) is 1. The maximum Gasteiger partial charge on any atom is 0.278 e. The van der Waals surface area contributed by atoms with Crippen LogP contribution in [0.2, 0.25) is 0 Å². The van der Waals surface area contributed by atoms with Crippen LogP contribution in [0.3, 0.4) is 0 Å². The number of hydrogen-bond donors (Lipinski definition) is 1. The summed E-state index contributed by atoms with van der Waals surface area (Å²) in [5, 5.41) is 3.15. The van der Waals surface area contributed by atoms with Crippen LogP contribution in [-0.4, -0.2) is 49.2 Å². The fourth-order valence-corrected chi connectivity index (χ4v) is 3.33. The highest BCUT2D eigenvalue weighted by atomic mass is 16.5. The molecule has 0 saturated heterocycles. The van der Waals surface area contributed by atoms with Crippen molar-refractivity contribution < 1.29 is 23.8 Å². The van der Waals surface area contributed by atoms with E-state index in [2.05, 4.69) is 5.32 Å². The van der Waals surface area contributed by atoms with Crippen molar-refractivity contribution in [3.8, 4) is 11.5 Å². The molecule has 1 N–H and O–H groups in total. The number of hydrogen-bond acceptors (Lipinski definition) is 6. The number of carbonyl (C=O) groups excluding carboxylic acids is 2. The first-order chi connectivity index (χ1) is 15.3. The van der Waals surface area contributed by atoms with Crippen molar-refractivity contribution >= 4 is 23.1 Å². The molecular formula is C25H30N2O5. The number of ether oxygens (including phenoxy) is 3. The summed E-state index contributed by atoms with van der Waals surface area (Å²) in [5.74, 6) is 0.672. The van der Waals surface area contributed by atoms with Gasteiger partial charge < -0.3 is 19.5 Å². The fourth-order valence-electron chi connectivity index (χ4n) is 3.33. The number of amides is 2. The summed E-state index contributed by atoms with van der Waals surface area (Å²) in [7, 11) is 1.58.